The molecule has 3 N–H and O–H groups in total. The van der Waals surface area contributed by atoms with Crippen LogP contribution >= 0.6 is 0 Å². The smallest absolute Gasteiger partial charge is 0.390 e. The zero-order valence-electron chi connectivity index (χ0n) is 18.0. The Balaban J connectivity index is 1.71. The number of aromatic nitrogens is 7. The van der Waals surface area contributed by atoms with Crippen LogP contribution in [0.4, 0.5) is 23.7 Å². The minimum atomic E-state index is -5.10. The Morgan fingerprint density at radius 3 is 2.38 bits per heavy atom. The van der Waals surface area contributed by atoms with Gasteiger partial charge in [-0.2, -0.15) is 44.0 Å². The number of pyridine rings is 2. The van der Waals surface area contributed by atoms with Crippen LogP contribution in [0.25, 0.3) is 11.6 Å². The molecule has 0 atom stereocenters. The topological polar surface area (TPSA) is 203 Å². The van der Waals surface area contributed by atoms with Crippen molar-refractivity contribution in [2.24, 2.45) is 5.73 Å². The van der Waals surface area contributed by atoms with Gasteiger partial charge in [0, 0.05) is 0 Å². The molecule has 0 unspecified atom stereocenters. The molecule has 14 nitrogen and oxygen atoms in total. The van der Waals surface area contributed by atoms with Gasteiger partial charge in [-0.3, -0.25) is 4.79 Å². The third-order valence-electron chi connectivity index (χ3n) is 4.52. The summed E-state index contributed by atoms with van der Waals surface area (Å²) < 4.78 is 46.9. The van der Waals surface area contributed by atoms with Crippen molar-refractivity contribution in [2.45, 2.75) is 6.18 Å². The van der Waals surface area contributed by atoms with Crippen LogP contribution < -0.4 is 15.8 Å². The molecule has 4 heterocycles. The molecule has 0 aliphatic heterocycles. The summed E-state index contributed by atoms with van der Waals surface area (Å²) in [7, 11) is 0. The van der Waals surface area contributed by atoms with Gasteiger partial charge < -0.3 is 15.8 Å². The van der Waals surface area contributed by atoms with E-state index < -0.39 is 41.1 Å². The van der Waals surface area contributed by atoms with Crippen LogP contribution in [-0.4, -0.2) is 46.7 Å². The molecular weight excluding hydrogens is 499 g/mol. The van der Waals surface area contributed by atoms with Crippen molar-refractivity contribution in [3.8, 4) is 29.7 Å². The molecule has 0 fully saturated rings. The fourth-order valence-corrected chi connectivity index (χ4v) is 3.06. The number of hydrogen-bond donors (Lipinski definition) is 2. The standard InChI is InChI=1S/C20H10F3N11O3/c21-20(22,23)15-13(9-30-33(15)14-2-1-10(6-24)18(32-14)37-19(26)36)17(35)31-12-5-11(7-25)16(27-8-12)34-28-3-4-29-34/h1-5,8-9H,(H2,26,36)(H,31,35). The van der Waals surface area contributed by atoms with Crippen molar-refractivity contribution in [2.75, 3.05) is 5.32 Å². The number of nitrogens with zero attached hydrogens (tertiary/aromatic N) is 9. The van der Waals surface area contributed by atoms with Crippen LogP contribution in [0, 0.1) is 22.7 Å². The lowest BCUT2D eigenvalue weighted by Gasteiger charge is -2.13. The van der Waals surface area contributed by atoms with Gasteiger partial charge in [-0.05, 0) is 18.2 Å². The number of ether oxygens (including phenoxy) is 1. The Morgan fingerprint density at radius 1 is 1.05 bits per heavy atom. The van der Waals surface area contributed by atoms with E-state index >= 15 is 0 Å². The van der Waals surface area contributed by atoms with Crippen LogP contribution in [0.5, 0.6) is 5.88 Å². The molecule has 0 bridgehead atoms. The predicted molar refractivity (Wildman–Crippen MR) is 113 cm³/mol. The van der Waals surface area contributed by atoms with Crippen molar-refractivity contribution < 1.29 is 27.5 Å². The van der Waals surface area contributed by atoms with Crippen molar-refractivity contribution >= 4 is 17.7 Å². The molecule has 0 radical (unpaired) electrons. The summed E-state index contributed by atoms with van der Waals surface area (Å²) in [5.41, 5.74) is 2.06. The van der Waals surface area contributed by atoms with E-state index in [1.807, 2.05) is 6.07 Å². The number of nitrogens with one attached hydrogen (secondary N) is 1. The number of hydrogen-bond acceptors (Lipinski definition) is 10. The molecule has 37 heavy (non-hydrogen) atoms. The molecule has 2 amide bonds. The zero-order chi connectivity index (χ0) is 26.7. The van der Waals surface area contributed by atoms with Crippen molar-refractivity contribution in [3.63, 3.8) is 0 Å². The summed E-state index contributed by atoms with van der Waals surface area (Å²) in [6.45, 7) is 0. The van der Waals surface area contributed by atoms with E-state index in [0.29, 0.717) is 6.20 Å². The number of alkyl halides is 3. The van der Waals surface area contributed by atoms with E-state index in [2.05, 4.69) is 35.3 Å². The van der Waals surface area contributed by atoms with Gasteiger partial charge in [-0.25, -0.2) is 14.5 Å². The predicted octanol–water partition coefficient (Wildman–Crippen LogP) is 1.71. The SMILES string of the molecule is N#Cc1ccc(-n2ncc(C(=O)Nc3cnc(-n4nccn4)c(C#N)c3)c2C(F)(F)F)nc1OC(N)=O. The van der Waals surface area contributed by atoms with E-state index in [1.54, 1.807) is 6.07 Å². The van der Waals surface area contributed by atoms with Crippen LogP contribution in [0.2, 0.25) is 0 Å². The molecule has 4 rings (SSSR count). The molecule has 4 aromatic rings. The van der Waals surface area contributed by atoms with Crippen molar-refractivity contribution in [1.82, 2.24) is 34.7 Å². The number of rotatable bonds is 5. The maximum atomic E-state index is 14.0. The van der Waals surface area contributed by atoms with Gasteiger partial charge in [0.15, 0.2) is 17.3 Å². The summed E-state index contributed by atoms with van der Waals surface area (Å²) in [5, 5.41) is 32.0. The maximum Gasteiger partial charge on any atom is 0.434 e. The third-order valence-corrected chi connectivity index (χ3v) is 4.52. The normalized spacial score (nSPS) is 10.8. The molecule has 0 aliphatic rings. The van der Waals surface area contributed by atoms with Gasteiger partial charge in [-0.1, -0.05) is 0 Å². The first kappa shape index (κ1) is 24.3. The number of anilines is 1. The largest absolute Gasteiger partial charge is 0.434 e. The number of halogens is 3. The molecule has 0 aromatic carbocycles. The summed E-state index contributed by atoms with van der Waals surface area (Å²) in [6.07, 6.45) is -2.01. The molecule has 0 saturated carbocycles. The molecule has 17 heteroatoms. The molecule has 184 valence electrons. The lowest BCUT2D eigenvalue weighted by Crippen LogP contribution is -2.22. The minimum Gasteiger partial charge on any atom is -0.390 e. The van der Waals surface area contributed by atoms with Crippen molar-refractivity contribution in [3.05, 3.63) is 65.4 Å². The zero-order valence-corrected chi connectivity index (χ0v) is 18.0. The van der Waals surface area contributed by atoms with Crippen LogP contribution in [0.15, 0.2) is 43.0 Å². The lowest BCUT2D eigenvalue weighted by molar-refractivity contribution is -0.143. The van der Waals surface area contributed by atoms with Gasteiger partial charge in [0.25, 0.3) is 5.91 Å². The van der Waals surface area contributed by atoms with E-state index in [4.69, 9.17) is 11.0 Å². The van der Waals surface area contributed by atoms with E-state index in [9.17, 15) is 28.0 Å². The summed E-state index contributed by atoms with van der Waals surface area (Å²) in [5.74, 6) is -2.36. The van der Waals surface area contributed by atoms with Crippen LogP contribution in [0.3, 0.4) is 0 Å². The first-order chi connectivity index (χ1) is 17.6. The van der Waals surface area contributed by atoms with Gasteiger partial charge in [0.2, 0.25) is 5.88 Å². The second-order valence-corrected chi connectivity index (χ2v) is 6.85. The van der Waals surface area contributed by atoms with Gasteiger partial charge in [0.1, 0.15) is 23.3 Å². The van der Waals surface area contributed by atoms with E-state index in [0.717, 1.165) is 23.1 Å². The number of nitriles is 2. The van der Waals surface area contributed by atoms with Gasteiger partial charge in [0.05, 0.1) is 36.0 Å². The lowest BCUT2D eigenvalue weighted by atomic mass is 10.2. The average Bonchev–Trinajstić information content (AvgIpc) is 3.54. The second-order valence-electron chi connectivity index (χ2n) is 6.85. The Labute approximate surface area is 203 Å². The maximum absolute atomic E-state index is 14.0. The Hall–Kier alpha value is -5.84. The molecule has 0 spiro atoms. The second kappa shape index (κ2) is 9.43. The summed E-state index contributed by atoms with van der Waals surface area (Å²) >= 11 is 0. The van der Waals surface area contributed by atoms with Gasteiger partial charge >= 0.3 is 12.3 Å². The highest BCUT2D eigenvalue weighted by Gasteiger charge is 2.41. The molecule has 0 aliphatic carbocycles. The highest BCUT2D eigenvalue weighted by atomic mass is 19.4. The Morgan fingerprint density at radius 2 is 1.76 bits per heavy atom. The monoisotopic (exact) mass is 509 g/mol. The molecule has 4 aromatic heterocycles. The van der Waals surface area contributed by atoms with Crippen LogP contribution in [0.1, 0.15) is 27.2 Å². The van der Waals surface area contributed by atoms with Crippen LogP contribution in [-0.2, 0) is 6.18 Å². The number of carbonyl (C=O) groups excluding carboxylic acids is 2. The third kappa shape index (κ3) is 4.86. The van der Waals surface area contributed by atoms with E-state index in [-0.39, 0.29) is 27.3 Å². The fraction of sp³-hybridized carbons (Fsp3) is 0.0500. The number of amides is 2. The first-order valence-corrected chi connectivity index (χ1v) is 9.74. The quantitative estimate of drug-likeness (QED) is 0.398. The molecule has 0 saturated heterocycles. The fourth-order valence-electron chi connectivity index (χ4n) is 3.06. The van der Waals surface area contributed by atoms with Crippen molar-refractivity contribution in [1.29, 1.82) is 10.5 Å². The number of carbonyl (C=O) groups is 2. The summed E-state index contributed by atoms with van der Waals surface area (Å²) in [6, 6.07) is 6.70. The number of nitrogens with two attached hydrogens (primary N) is 1. The Bertz CT molecular complexity index is 1600. The number of primary amides is 1. The summed E-state index contributed by atoms with van der Waals surface area (Å²) in [4.78, 5) is 32.6. The average molecular weight is 509 g/mol. The minimum absolute atomic E-state index is 0.0372. The first-order valence-electron chi connectivity index (χ1n) is 9.74. The van der Waals surface area contributed by atoms with Gasteiger partial charge in [-0.15, -0.1) is 4.80 Å². The Kier molecular flexibility index (Phi) is 6.19. The highest BCUT2D eigenvalue weighted by Crippen LogP contribution is 2.34. The highest BCUT2D eigenvalue weighted by molar-refractivity contribution is 6.05. The van der Waals surface area contributed by atoms with E-state index in [1.165, 1.54) is 18.5 Å². The molecular formula is C20H10F3N11O3.